The first-order chi connectivity index (χ1) is 13.0. The first kappa shape index (κ1) is 17.3. The molecule has 0 fully saturated rings. The number of benzene rings is 3. The molecule has 1 heterocycles. The Balaban J connectivity index is 1.72. The molecule has 1 aromatic heterocycles. The van der Waals surface area contributed by atoms with E-state index in [4.69, 9.17) is 0 Å². The molecule has 2 nitrogen and oxygen atoms in total. The van der Waals surface area contributed by atoms with Crippen LogP contribution in [0.4, 0.5) is 0 Å². The van der Waals surface area contributed by atoms with Crippen molar-refractivity contribution in [1.82, 2.24) is 9.78 Å². The minimum atomic E-state index is 1.04. The summed E-state index contributed by atoms with van der Waals surface area (Å²) in [5.74, 6) is 0. The maximum Gasteiger partial charge on any atom is 0.0649 e. The van der Waals surface area contributed by atoms with E-state index >= 15 is 0 Å². The molecule has 4 aromatic rings. The van der Waals surface area contributed by atoms with Crippen LogP contribution in [0, 0.1) is 27.7 Å². The van der Waals surface area contributed by atoms with Crippen LogP contribution < -0.4 is 0 Å². The third-order valence-electron chi connectivity index (χ3n) is 5.05. The molecule has 0 aliphatic carbocycles. The Morgan fingerprint density at radius 2 is 1.26 bits per heavy atom. The minimum Gasteiger partial charge on any atom is -0.238 e. The third kappa shape index (κ3) is 3.31. The van der Waals surface area contributed by atoms with E-state index in [9.17, 15) is 0 Å². The van der Waals surface area contributed by atoms with Gasteiger partial charge < -0.3 is 0 Å². The van der Waals surface area contributed by atoms with Crippen molar-refractivity contribution in [3.8, 4) is 27.9 Å². The second kappa shape index (κ2) is 6.88. The molecule has 0 saturated carbocycles. The lowest BCUT2D eigenvalue weighted by atomic mass is 9.91. The van der Waals surface area contributed by atoms with Gasteiger partial charge in [-0.1, -0.05) is 54.6 Å². The van der Waals surface area contributed by atoms with Crippen molar-refractivity contribution in [2.24, 2.45) is 0 Å². The molecular formula is C25H24N2. The van der Waals surface area contributed by atoms with E-state index in [-0.39, 0.29) is 0 Å². The molecule has 0 atom stereocenters. The summed E-state index contributed by atoms with van der Waals surface area (Å²) in [6.45, 7) is 8.51. The van der Waals surface area contributed by atoms with E-state index < -0.39 is 0 Å². The van der Waals surface area contributed by atoms with Crippen LogP contribution in [0.1, 0.15) is 22.5 Å². The van der Waals surface area contributed by atoms with E-state index in [0.29, 0.717) is 0 Å². The van der Waals surface area contributed by atoms with Crippen LogP contribution in [0.2, 0.25) is 0 Å². The van der Waals surface area contributed by atoms with Gasteiger partial charge in [-0.25, -0.2) is 4.68 Å². The molecule has 0 aliphatic heterocycles. The SMILES string of the molecule is Cc1cc(C)n(-c2ccc(-c3c(C)cc(-c4ccccc4)cc3C)cc2)n1. The van der Waals surface area contributed by atoms with Gasteiger partial charge in [0, 0.05) is 5.69 Å². The lowest BCUT2D eigenvalue weighted by Gasteiger charge is -2.14. The fraction of sp³-hybridized carbons (Fsp3) is 0.160. The normalized spacial score (nSPS) is 11.0. The van der Waals surface area contributed by atoms with Gasteiger partial charge in [-0.05, 0) is 79.3 Å². The molecular weight excluding hydrogens is 328 g/mol. The first-order valence-corrected chi connectivity index (χ1v) is 9.33. The fourth-order valence-electron chi connectivity index (χ4n) is 3.88. The van der Waals surface area contributed by atoms with Crippen LogP contribution in [0.25, 0.3) is 27.9 Å². The Morgan fingerprint density at radius 3 is 1.81 bits per heavy atom. The van der Waals surface area contributed by atoms with E-state index in [2.05, 4.69) is 98.7 Å². The van der Waals surface area contributed by atoms with E-state index in [0.717, 1.165) is 17.1 Å². The average Bonchev–Trinajstić information content (AvgIpc) is 3.00. The van der Waals surface area contributed by atoms with Gasteiger partial charge >= 0.3 is 0 Å². The summed E-state index contributed by atoms with van der Waals surface area (Å²) in [5, 5.41) is 4.58. The van der Waals surface area contributed by atoms with Crippen LogP contribution in [-0.4, -0.2) is 9.78 Å². The van der Waals surface area contributed by atoms with Gasteiger partial charge in [-0.15, -0.1) is 0 Å². The van der Waals surface area contributed by atoms with Crippen LogP contribution in [0.5, 0.6) is 0 Å². The molecule has 4 rings (SSSR count). The van der Waals surface area contributed by atoms with Gasteiger partial charge in [0.1, 0.15) is 0 Å². The predicted molar refractivity (Wildman–Crippen MR) is 113 cm³/mol. The highest BCUT2D eigenvalue weighted by Gasteiger charge is 2.10. The minimum absolute atomic E-state index is 1.04. The Labute approximate surface area is 161 Å². The molecule has 0 N–H and O–H groups in total. The summed E-state index contributed by atoms with van der Waals surface area (Å²) in [6.07, 6.45) is 0. The van der Waals surface area contributed by atoms with E-state index in [1.165, 1.54) is 33.4 Å². The van der Waals surface area contributed by atoms with Crippen molar-refractivity contribution in [3.05, 3.63) is 95.3 Å². The summed E-state index contributed by atoms with van der Waals surface area (Å²) in [5.41, 5.74) is 11.0. The smallest absolute Gasteiger partial charge is 0.0649 e. The van der Waals surface area contributed by atoms with Gasteiger partial charge in [-0.2, -0.15) is 5.10 Å². The Kier molecular flexibility index (Phi) is 4.41. The number of rotatable bonds is 3. The topological polar surface area (TPSA) is 17.8 Å². The third-order valence-corrected chi connectivity index (χ3v) is 5.05. The summed E-state index contributed by atoms with van der Waals surface area (Å²) in [6, 6.07) is 25.9. The fourth-order valence-corrected chi connectivity index (χ4v) is 3.88. The molecule has 27 heavy (non-hydrogen) atoms. The van der Waals surface area contributed by atoms with Crippen LogP contribution >= 0.6 is 0 Å². The molecule has 0 spiro atoms. The summed E-state index contributed by atoms with van der Waals surface area (Å²) in [4.78, 5) is 0. The van der Waals surface area contributed by atoms with Gasteiger partial charge in [0.2, 0.25) is 0 Å². The average molecular weight is 352 g/mol. The molecule has 0 unspecified atom stereocenters. The lowest BCUT2D eigenvalue weighted by Crippen LogP contribution is -1.99. The van der Waals surface area contributed by atoms with Gasteiger partial charge in [0.25, 0.3) is 0 Å². The zero-order valence-electron chi connectivity index (χ0n) is 16.3. The molecule has 3 aromatic carbocycles. The second-order valence-corrected chi connectivity index (χ2v) is 7.24. The summed E-state index contributed by atoms with van der Waals surface area (Å²) >= 11 is 0. The zero-order valence-corrected chi connectivity index (χ0v) is 16.3. The predicted octanol–water partition coefficient (Wildman–Crippen LogP) is 6.44. The maximum absolute atomic E-state index is 4.58. The highest BCUT2D eigenvalue weighted by molar-refractivity contribution is 5.77. The molecule has 0 saturated heterocycles. The molecule has 2 heteroatoms. The van der Waals surface area contributed by atoms with E-state index in [1.807, 2.05) is 11.6 Å². The Hall–Kier alpha value is -3.13. The molecule has 0 aliphatic rings. The largest absolute Gasteiger partial charge is 0.238 e. The Morgan fingerprint density at radius 1 is 0.630 bits per heavy atom. The maximum atomic E-state index is 4.58. The van der Waals surface area contributed by atoms with Crippen LogP contribution in [0.15, 0.2) is 72.8 Å². The van der Waals surface area contributed by atoms with Gasteiger partial charge in [0.05, 0.1) is 11.4 Å². The van der Waals surface area contributed by atoms with Gasteiger partial charge in [-0.3, -0.25) is 0 Å². The standard InChI is InChI=1S/C25H24N2/c1-17-14-23(21-8-6-5-7-9-21)15-18(2)25(17)22-10-12-24(13-11-22)27-20(4)16-19(3)26-27/h5-16H,1-4H3. The monoisotopic (exact) mass is 352 g/mol. The first-order valence-electron chi connectivity index (χ1n) is 9.33. The number of aryl methyl sites for hydroxylation is 4. The molecule has 0 amide bonds. The van der Waals surface area contributed by atoms with Crippen LogP contribution in [-0.2, 0) is 0 Å². The van der Waals surface area contributed by atoms with Crippen molar-refractivity contribution in [1.29, 1.82) is 0 Å². The number of nitrogens with zero attached hydrogens (tertiary/aromatic N) is 2. The zero-order chi connectivity index (χ0) is 19.0. The Bertz CT molecular complexity index is 1060. The van der Waals surface area contributed by atoms with Crippen molar-refractivity contribution in [3.63, 3.8) is 0 Å². The quantitative estimate of drug-likeness (QED) is 0.415. The van der Waals surface area contributed by atoms with Crippen molar-refractivity contribution in [2.75, 3.05) is 0 Å². The molecule has 0 bridgehead atoms. The number of aromatic nitrogens is 2. The van der Waals surface area contributed by atoms with Crippen molar-refractivity contribution < 1.29 is 0 Å². The highest BCUT2D eigenvalue weighted by Crippen LogP contribution is 2.32. The van der Waals surface area contributed by atoms with Crippen molar-refractivity contribution in [2.45, 2.75) is 27.7 Å². The van der Waals surface area contributed by atoms with Gasteiger partial charge in [0.15, 0.2) is 0 Å². The van der Waals surface area contributed by atoms with E-state index in [1.54, 1.807) is 0 Å². The number of hydrogen-bond donors (Lipinski definition) is 0. The number of hydrogen-bond acceptors (Lipinski definition) is 1. The van der Waals surface area contributed by atoms with Crippen molar-refractivity contribution >= 4 is 0 Å². The summed E-state index contributed by atoms with van der Waals surface area (Å²) in [7, 11) is 0. The lowest BCUT2D eigenvalue weighted by molar-refractivity contribution is 0.834. The molecule has 0 radical (unpaired) electrons. The summed E-state index contributed by atoms with van der Waals surface area (Å²) < 4.78 is 2.00. The molecule has 134 valence electrons. The highest BCUT2D eigenvalue weighted by atomic mass is 15.3. The second-order valence-electron chi connectivity index (χ2n) is 7.24. The van der Waals surface area contributed by atoms with Crippen LogP contribution in [0.3, 0.4) is 0 Å².